The summed E-state index contributed by atoms with van der Waals surface area (Å²) in [5, 5.41) is 20.3. The standard InChI is InChI=1S/C11H17FN5O12P3/c12-11(31(22,23)29-32(24,25)26)30(20,21)27-1-4-6(18)7(19)10(28-4)17-3-16-5-8(13)14-2-15-9(5)17/h2-4,6-7,10-11,18-19H,1H2,(H,20,21)(H,22,23)(H2,13,14,15)(H2,24,25,26)/p-4/t4?,6?,7?,10?,11-/m0/s1. The number of nitrogens with zero attached hydrogens (tertiary/aromatic N) is 4. The number of alkyl halides is 1. The first-order valence-electron chi connectivity index (χ1n) is 8.22. The van der Waals surface area contributed by atoms with Crippen LogP contribution in [-0.2, 0) is 27.3 Å². The van der Waals surface area contributed by atoms with Gasteiger partial charge in [0.05, 0.1) is 20.8 Å². The molecule has 3 rings (SSSR count). The molecule has 0 amide bonds. The van der Waals surface area contributed by atoms with E-state index in [9.17, 15) is 47.9 Å². The summed E-state index contributed by atoms with van der Waals surface area (Å²) in [5.74, 6) is -0.00656. The van der Waals surface area contributed by atoms with Crippen molar-refractivity contribution in [1.82, 2.24) is 19.5 Å². The lowest BCUT2D eigenvalue weighted by molar-refractivity contribution is -0.338. The Balaban J connectivity index is 1.73. The molecule has 17 nitrogen and oxygen atoms in total. The molecule has 0 spiro atoms. The van der Waals surface area contributed by atoms with E-state index < -0.39 is 59.8 Å². The molecule has 1 aliphatic heterocycles. The van der Waals surface area contributed by atoms with Crippen LogP contribution in [0.1, 0.15) is 6.23 Å². The van der Waals surface area contributed by atoms with E-state index in [1.54, 1.807) is 0 Å². The molecule has 3 heterocycles. The highest BCUT2D eigenvalue weighted by molar-refractivity contribution is 7.73. The zero-order chi connectivity index (χ0) is 24.1. The number of fused-ring (bicyclic) bond motifs is 1. The second-order valence-corrected chi connectivity index (χ2v) is 11.6. The maximum Gasteiger partial charge on any atom is 0.226 e. The number of nitrogen functional groups attached to an aromatic ring is 1. The number of imidazole rings is 1. The van der Waals surface area contributed by atoms with Crippen molar-refractivity contribution in [2.45, 2.75) is 30.2 Å². The van der Waals surface area contributed by atoms with Crippen LogP contribution >= 0.6 is 23.0 Å². The van der Waals surface area contributed by atoms with Crippen LogP contribution in [0.15, 0.2) is 12.7 Å². The van der Waals surface area contributed by atoms with Gasteiger partial charge in [0.2, 0.25) is 5.65 Å². The van der Waals surface area contributed by atoms with Gasteiger partial charge in [-0.05, 0) is 0 Å². The maximum absolute atomic E-state index is 13.9. The summed E-state index contributed by atoms with van der Waals surface area (Å²) in [4.78, 5) is 55.3. The smallest absolute Gasteiger partial charge is 0.226 e. The molecule has 32 heavy (non-hydrogen) atoms. The summed E-state index contributed by atoms with van der Waals surface area (Å²) < 4.78 is 60.9. The number of phosphoric acid groups is 1. The summed E-state index contributed by atoms with van der Waals surface area (Å²) in [6, 6.07) is 0. The van der Waals surface area contributed by atoms with Crippen LogP contribution in [0.4, 0.5) is 10.2 Å². The molecule has 2 aromatic rings. The molecule has 4 N–H and O–H groups in total. The highest BCUT2D eigenvalue weighted by Gasteiger charge is 2.45. The third kappa shape index (κ3) is 5.07. The van der Waals surface area contributed by atoms with Gasteiger partial charge in [0.15, 0.2) is 32.9 Å². The molecule has 21 heteroatoms. The van der Waals surface area contributed by atoms with Crippen molar-refractivity contribution in [3.8, 4) is 0 Å². The minimum absolute atomic E-state index is 0.00656. The van der Waals surface area contributed by atoms with Crippen molar-refractivity contribution in [3.63, 3.8) is 0 Å². The monoisotopic (exact) mass is 519 g/mol. The Kier molecular flexibility index (Phi) is 6.91. The fourth-order valence-electron chi connectivity index (χ4n) is 2.74. The van der Waals surface area contributed by atoms with Crippen molar-refractivity contribution < 1.29 is 61.4 Å². The van der Waals surface area contributed by atoms with Crippen LogP contribution in [0, 0.1) is 0 Å². The number of aliphatic hydroxyl groups excluding tert-OH is 2. The highest BCUT2D eigenvalue weighted by Crippen LogP contribution is 2.65. The quantitative estimate of drug-likeness (QED) is 0.282. The molecule has 0 radical (unpaired) electrons. The molecule has 0 bridgehead atoms. The van der Waals surface area contributed by atoms with Crippen LogP contribution in [0.25, 0.3) is 11.2 Å². The Morgan fingerprint density at radius 3 is 2.44 bits per heavy atom. The minimum atomic E-state index is -6.40. The van der Waals surface area contributed by atoms with Crippen LogP contribution < -0.4 is 25.3 Å². The molecule has 7 atom stereocenters. The lowest BCUT2D eigenvalue weighted by Crippen LogP contribution is -2.34. The van der Waals surface area contributed by atoms with E-state index in [0.717, 1.165) is 17.2 Å². The van der Waals surface area contributed by atoms with E-state index in [1.807, 2.05) is 0 Å². The number of ether oxygens (including phenoxy) is 1. The molecule has 1 fully saturated rings. The van der Waals surface area contributed by atoms with Gasteiger partial charge in [0.25, 0.3) is 0 Å². The van der Waals surface area contributed by atoms with E-state index >= 15 is 0 Å². The number of halogens is 1. The average molecular weight is 519 g/mol. The fraction of sp³-hybridized carbons (Fsp3) is 0.545. The van der Waals surface area contributed by atoms with Gasteiger partial charge in [-0.2, -0.15) is 0 Å². The van der Waals surface area contributed by atoms with Crippen molar-refractivity contribution in [2.75, 3.05) is 12.3 Å². The number of anilines is 1. The van der Waals surface area contributed by atoms with Crippen molar-refractivity contribution in [1.29, 1.82) is 0 Å². The van der Waals surface area contributed by atoms with Gasteiger partial charge in [-0.15, -0.1) is 0 Å². The minimum Gasteiger partial charge on any atom is -0.790 e. The van der Waals surface area contributed by atoms with Crippen LogP contribution in [0.2, 0.25) is 0 Å². The number of aliphatic hydroxyl groups is 2. The van der Waals surface area contributed by atoms with Gasteiger partial charge in [-0.25, -0.2) is 19.3 Å². The lowest BCUT2D eigenvalue weighted by Gasteiger charge is -2.40. The number of hydrogen-bond donors (Lipinski definition) is 3. The van der Waals surface area contributed by atoms with E-state index in [0.29, 0.717) is 0 Å². The maximum atomic E-state index is 13.9. The Morgan fingerprint density at radius 1 is 1.16 bits per heavy atom. The van der Waals surface area contributed by atoms with Crippen LogP contribution in [0.3, 0.4) is 0 Å². The Hall–Kier alpha value is -1.39. The SMILES string of the molecule is Nc1ncnc2c1ncn2C1OC(COP(=O)([O-])[C@H](F)P(=O)([O-])OP(=O)([O-])[O-])C(O)C1O. The summed E-state index contributed by atoms with van der Waals surface area (Å²) in [7, 11) is -18.7. The fourth-order valence-corrected chi connectivity index (χ4v) is 6.61. The third-order valence-electron chi connectivity index (χ3n) is 4.15. The number of nitrogens with two attached hydrogens (primary N) is 1. The highest BCUT2D eigenvalue weighted by atomic mass is 31.3. The van der Waals surface area contributed by atoms with E-state index in [-0.39, 0.29) is 17.0 Å². The molecule has 180 valence electrons. The first-order valence-corrected chi connectivity index (χ1v) is 12.9. The van der Waals surface area contributed by atoms with Gasteiger partial charge < -0.3 is 62.8 Å². The molecule has 1 aliphatic rings. The third-order valence-corrected chi connectivity index (χ3v) is 9.11. The number of aromatic nitrogens is 4. The number of hydrogen-bond acceptors (Lipinski definition) is 16. The Bertz CT molecular complexity index is 1140. The normalized spacial score (nSPS) is 29.0. The molecule has 2 aromatic heterocycles. The van der Waals surface area contributed by atoms with Gasteiger partial charge in [-0.1, -0.05) is 0 Å². The molecule has 0 saturated carbocycles. The van der Waals surface area contributed by atoms with Gasteiger partial charge in [-0.3, -0.25) is 4.57 Å². The first-order chi connectivity index (χ1) is 14.6. The second kappa shape index (κ2) is 8.76. The van der Waals surface area contributed by atoms with Crippen molar-refractivity contribution in [3.05, 3.63) is 12.7 Å². The Morgan fingerprint density at radius 2 is 1.81 bits per heavy atom. The molecule has 0 aliphatic carbocycles. The van der Waals surface area contributed by atoms with E-state index in [2.05, 4.69) is 23.8 Å². The Labute approximate surface area is 176 Å². The molecule has 6 unspecified atom stereocenters. The average Bonchev–Trinajstić information content (AvgIpc) is 3.21. The molecule has 0 aromatic carbocycles. The lowest BCUT2D eigenvalue weighted by atomic mass is 10.1. The molecule has 1 saturated heterocycles. The summed E-state index contributed by atoms with van der Waals surface area (Å²) in [6.07, 6.45) is -4.34. The molecular formula is C11H13FN5O12P3-4. The zero-order valence-electron chi connectivity index (χ0n) is 15.3. The van der Waals surface area contributed by atoms with Gasteiger partial charge in [0, 0.05) is 0 Å². The van der Waals surface area contributed by atoms with Gasteiger partial charge >= 0.3 is 0 Å². The summed E-state index contributed by atoms with van der Waals surface area (Å²) >= 11 is 0. The predicted octanol–water partition coefficient (Wildman–Crippen LogP) is -3.75. The summed E-state index contributed by atoms with van der Waals surface area (Å²) in [6.45, 7) is -1.20. The summed E-state index contributed by atoms with van der Waals surface area (Å²) in [5.41, 5.74) is 1.79. The largest absolute Gasteiger partial charge is 0.790 e. The van der Waals surface area contributed by atoms with Crippen LogP contribution in [0.5, 0.6) is 0 Å². The van der Waals surface area contributed by atoms with Crippen molar-refractivity contribution >= 4 is 40.0 Å². The van der Waals surface area contributed by atoms with Crippen LogP contribution in [-0.4, -0.2) is 60.3 Å². The zero-order valence-corrected chi connectivity index (χ0v) is 18.0. The predicted molar refractivity (Wildman–Crippen MR) is 90.4 cm³/mol. The second-order valence-electron chi connectivity index (χ2n) is 6.34. The van der Waals surface area contributed by atoms with E-state index in [4.69, 9.17) is 10.5 Å². The van der Waals surface area contributed by atoms with Crippen molar-refractivity contribution in [2.24, 2.45) is 0 Å². The first kappa shape index (κ1) is 25.2. The van der Waals surface area contributed by atoms with Gasteiger partial charge in [0.1, 0.15) is 30.2 Å². The number of rotatable bonds is 8. The molecular weight excluding hydrogens is 506 g/mol. The van der Waals surface area contributed by atoms with E-state index in [1.165, 1.54) is 0 Å². The topological polar surface area (TPSA) is 281 Å².